The first kappa shape index (κ1) is 17.7. The van der Waals surface area contributed by atoms with Gasteiger partial charge in [-0.05, 0) is 43.7 Å². The Hall–Kier alpha value is -1.66. The molecule has 23 heavy (non-hydrogen) atoms. The second-order valence-electron chi connectivity index (χ2n) is 5.04. The molecule has 1 atom stereocenters. The molecule has 0 aromatic heterocycles. The maximum atomic E-state index is 12.9. The number of sulfone groups is 1. The fourth-order valence-electron chi connectivity index (χ4n) is 2.16. The minimum Gasteiger partial charge on any atom is -0.465 e. The van der Waals surface area contributed by atoms with Gasteiger partial charge in [-0.1, -0.05) is 45.8 Å². The summed E-state index contributed by atoms with van der Waals surface area (Å²) in [6, 6.07) is 13.0. The molecule has 0 N–H and O–H groups in total. The topological polar surface area (TPSA) is 60.4 Å². The van der Waals surface area contributed by atoms with Gasteiger partial charge in [0.05, 0.1) is 11.5 Å². The molecule has 2 aromatic carbocycles. The van der Waals surface area contributed by atoms with E-state index in [1.807, 2.05) is 6.92 Å². The summed E-state index contributed by atoms with van der Waals surface area (Å²) in [4.78, 5) is 12.4. The minimum atomic E-state index is -3.90. The lowest BCUT2D eigenvalue weighted by Crippen LogP contribution is -2.24. The largest absolute Gasteiger partial charge is 0.465 e. The van der Waals surface area contributed by atoms with Gasteiger partial charge in [-0.3, -0.25) is 4.79 Å². The quantitative estimate of drug-likeness (QED) is 0.720. The summed E-state index contributed by atoms with van der Waals surface area (Å²) in [6.45, 7) is 3.64. The number of carbonyl (C=O) groups is 1. The van der Waals surface area contributed by atoms with Crippen molar-refractivity contribution in [2.45, 2.75) is 24.0 Å². The van der Waals surface area contributed by atoms with Crippen molar-refractivity contribution in [2.75, 3.05) is 6.61 Å². The lowest BCUT2D eigenvalue weighted by molar-refractivity contribution is -0.142. The van der Waals surface area contributed by atoms with Crippen molar-refractivity contribution >= 4 is 31.7 Å². The maximum Gasteiger partial charge on any atom is 0.329 e. The molecule has 2 rings (SSSR count). The van der Waals surface area contributed by atoms with Crippen LogP contribution in [0.3, 0.4) is 0 Å². The van der Waals surface area contributed by atoms with E-state index in [2.05, 4.69) is 15.9 Å². The average molecular weight is 397 g/mol. The normalized spacial score (nSPS) is 12.7. The summed E-state index contributed by atoms with van der Waals surface area (Å²) in [7, 11) is -3.90. The molecule has 0 heterocycles. The number of ether oxygens (including phenoxy) is 1. The van der Waals surface area contributed by atoms with E-state index in [1.165, 1.54) is 12.1 Å². The highest BCUT2D eigenvalue weighted by atomic mass is 79.9. The smallest absolute Gasteiger partial charge is 0.329 e. The van der Waals surface area contributed by atoms with Gasteiger partial charge in [-0.15, -0.1) is 0 Å². The molecule has 0 aliphatic heterocycles. The predicted octanol–water partition coefficient (Wildman–Crippen LogP) is 3.84. The molecule has 4 nitrogen and oxygen atoms in total. The van der Waals surface area contributed by atoms with Gasteiger partial charge in [0.15, 0.2) is 15.1 Å². The van der Waals surface area contributed by atoms with Crippen LogP contribution in [0.15, 0.2) is 57.9 Å². The van der Waals surface area contributed by atoms with Crippen LogP contribution >= 0.6 is 15.9 Å². The molecule has 2 aromatic rings. The molecule has 0 spiro atoms. The summed E-state index contributed by atoms with van der Waals surface area (Å²) < 4.78 is 31.7. The molecule has 0 aliphatic carbocycles. The van der Waals surface area contributed by atoms with Gasteiger partial charge in [0.25, 0.3) is 0 Å². The lowest BCUT2D eigenvalue weighted by atomic mass is 10.1. The van der Waals surface area contributed by atoms with Crippen molar-refractivity contribution < 1.29 is 17.9 Å². The molecular formula is C17H17BrO4S. The molecule has 0 radical (unpaired) electrons. The second kappa shape index (κ2) is 7.27. The van der Waals surface area contributed by atoms with Crippen LogP contribution in [0.4, 0.5) is 0 Å². The predicted molar refractivity (Wildman–Crippen MR) is 91.9 cm³/mol. The Morgan fingerprint density at radius 1 is 1.09 bits per heavy atom. The molecule has 0 aliphatic rings. The van der Waals surface area contributed by atoms with Gasteiger partial charge < -0.3 is 4.74 Å². The molecule has 0 fully saturated rings. The van der Waals surface area contributed by atoms with Crippen LogP contribution in [0, 0.1) is 6.92 Å². The molecule has 6 heteroatoms. The second-order valence-corrected chi connectivity index (χ2v) is 7.99. The molecular weight excluding hydrogens is 380 g/mol. The molecule has 0 amide bonds. The third kappa shape index (κ3) is 4.00. The van der Waals surface area contributed by atoms with E-state index in [0.29, 0.717) is 5.56 Å². The molecule has 122 valence electrons. The number of esters is 1. The number of hydrogen-bond donors (Lipinski definition) is 0. The van der Waals surface area contributed by atoms with Crippen LogP contribution in [0.5, 0.6) is 0 Å². The summed E-state index contributed by atoms with van der Waals surface area (Å²) in [5, 5.41) is -1.38. The van der Waals surface area contributed by atoms with Gasteiger partial charge in [0.2, 0.25) is 0 Å². The Balaban J connectivity index is 2.54. The third-order valence-electron chi connectivity index (χ3n) is 3.33. The summed E-state index contributed by atoms with van der Waals surface area (Å²) in [5.41, 5.74) is 1.33. The summed E-state index contributed by atoms with van der Waals surface area (Å²) in [6.07, 6.45) is 0. The first-order valence-corrected chi connectivity index (χ1v) is 9.43. The first-order valence-electron chi connectivity index (χ1n) is 7.09. The highest BCUT2D eigenvalue weighted by molar-refractivity contribution is 9.10. The SMILES string of the molecule is CCOC(=O)C(c1ccc(Br)cc1)S(=O)(=O)c1ccc(C)cc1. The zero-order valence-corrected chi connectivity index (χ0v) is 15.2. The Morgan fingerprint density at radius 2 is 1.65 bits per heavy atom. The number of hydrogen-bond acceptors (Lipinski definition) is 4. The van der Waals surface area contributed by atoms with Gasteiger partial charge >= 0.3 is 5.97 Å². The number of halogens is 1. The zero-order chi connectivity index (χ0) is 17.0. The van der Waals surface area contributed by atoms with Gasteiger partial charge in [-0.2, -0.15) is 0 Å². The maximum absolute atomic E-state index is 12.9. The van der Waals surface area contributed by atoms with Crippen molar-refractivity contribution in [2.24, 2.45) is 0 Å². The molecule has 0 saturated heterocycles. The number of rotatable bonds is 5. The lowest BCUT2D eigenvalue weighted by Gasteiger charge is -2.17. The van der Waals surface area contributed by atoms with Crippen molar-refractivity contribution in [3.05, 3.63) is 64.1 Å². The van der Waals surface area contributed by atoms with Crippen LogP contribution in [-0.2, 0) is 19.4 Å². The number of benzene rings is 2. The van der Waals surface area contributed by atoms with Crippen LogP contribution < -0.4 is 0 Å². The van der Waals surface area contributed by atoms with E-state index in [-0.39, 0.29) is 11.5 Å². The van der Waals surface area contributed by atoms with Gasteiger partial charge in [0, 0.05) is 4.47 Å². The van der Waals surface area contributed by atoms with Crippen LogP contribution in [0.2, 0.25) is 0 Å². The van der Waals surface area contributed by atoms with Crippen molar-refractivity contribution in [1.29, 1.82) is 0 Å². The van der Waals surface area contributed by atoms with E-state index in [0.717, 1.165) is 10.0 Å². The molecule has 0 saturated carbocycles. The fraction of sp³-hybridized carbons (Fsp3) is 0.235. The van der Waals surface area contributed by atoms with E-state index < -0.39 is 21.1 Å². The molecule has 1 unspecified atom stereocenters. The third-order valence-corrected chi connectivity index (χ3v) is 5.88. The highest BCUT2D eigenvalue weighted by Gasteiger charge is 2.36. The number of carbonyl (C=O) groups excluding carboxylic acids is 1. The van der Waals surface area contributed by atoms with E-state index in [9.17, 15) is 13.2 Å². The first-order chi connectivity index (χ1) is 10.9. The Morgan fingerprint density at radius 3 is 2.17 bits per heavy atom. The monoisotopic (exact) mass is 396 g/mol. The highest BCUT2D eigenvalue weighted by Crippen LogP contribution is 2.31. The van der Waals surface area contributed by atoms with Crippen molar-refractivity contribution in [3.63, 3.8) is 0 Å². The summed E-state index contributed by atoms with van der Waals surface area (Å²) in [5.74, 6) is -0.768. The van der Waals surface area contributed by atoms with E-state index in [4.69, 9.17) is 4.74 Å². The van der Waals surface area contributed by atoms with Crippen LogP contribution in [0.1, 0.15) is 23.3 Å². The van der Waals surface area contributed by atoms with E-state index >= 15 is 0 Å². The number of aryl methyl sites for hydroxylation is 1. The van der Waals surface area contributed by atoms with Crippen LogP contribution in [0.25, 0.3) is 0 Å². The van der Waals surface area contributed by atoms with Crippen molar-refractivity contribution in [3.8, 4) is 0 Å². The zero-order valence-electron chi connectivity index (χ0n) is 12.8. The fourth-order valence-corrected chi connectivity index (χ4v) is 4.05. The average Bonchev–Trinajstić information content (AvgIpc) is 2.50. The Bertz CT molecular complexity index is 780. The minimum absolute atomic E-state index is 0.101. The van der Waals surface area contributed by atoms with Gasteiger partial charge in [-0.25, -0.2) is 8.42 Å². The van der Waals surface area contributed by atoms with Crippen molar-refractivity contribution in [1.82, 2.24) is 0 Å². The van der Waals surface area contributed by atoms with Gasteiger partial charge in [0.1, 0.15) is 0 Å². The van der Waals surface area contributed by atoms with E-state index in [1.54, 1.807) is 43.3 Å². The standard InChI is InChI=1S/C17H17BrO4S/c1-3-22-17(19)16(13-6-8-14(18)9-7-13)23(20,21)15-10-4-12(2)5-11-15/h4-11,16H,3H2,1-2H3. The Kier molecular flexibility index (Phi) is 5.59. The molecule has 0 bridgehead atoms. The summed E-state index contributed by atoms with van der Waals surface area (Å²) >= 11 is 3.30. The van der Waals surface area contributed by atoms with Crippen LogP contribution in [-0.4, -0.2) is 21.0 Å². The Labute approximate surface area is 144 Å².